The summed E-state index contributed by atoms with van der Waals surface area (Å²) in [7, 11) is 0. The van der Waals surface area contributed by atoms with Crippen LogP contribution in [0.2, 0.25) is 17.7 Å². The molecule has 104 valence electrons. The fourth-order valence-corrected chi connectivity index (χ4v) is 23.2. The average molecular weight is 347 g/mol. The van der Waals surface area contributed by atoms with Crippen molar-refractivity contribution in [3.8, 4) is 0 Å². The molecule has 0 fully saturated rings. The van der Waals surface area contributed by atoms with Gasteiger partial charge >= 0.3 is 115 Å². The minimum atomic E-state index is -1.79. The van der Waals surface area contributed by atoms with Crippen molar-refractivity contribution < 1.29 is 0 Å². The van der Waals surface area contributed by atoms with Crippen LogP contribution < -0.4 is 0 Å². The number of hydrogen-bond acceptors (Lipinski definition) is 0. The third-order valence-electron chi connectivity index (χ3n) is 3.80. The van der Waals surface area contributed by atoms with Gasteiger partial charge in [-0.05, 0) is 0 Å². The molecule has 0 unspecified atom stereocenters. The van der Waals surface area contributed by atoms with E-state index in [2.05, 4.69) is 41.5 Å². The van der Waals surface area contributed by atoms with Gasteiger partial charge in [0.1, 0.15) is 0 Å². The van der Waals surface area contributed by atoms with Crippen molar-refractivity contribution >= 4 is 18.4 Å². The summed E-state index contributed by atoms with van der Waals surface area (Å²) in [6, 6.07) is 0. The molecule has 0 heterocycles. The first-order chi connectivity index (χ1) is 7.95. The topological polar surface area (TPSA) is 0 Å². The van der Waals surface area contributed by atoms with E-state index in [4.69, 9.17) is 0 Å². The molecule has 0 aliphatic rings. The zero-order valence-corrected chi connectivity index (χ0v) is 16.2. The summed E-state index contributed by atoms with van der Waals surface area (Å²) < 4.78 is 6.63. The van der Waals surface area contributed by atoms with E-state index < -0.39 is 18.4 Å². The maximum absolute atomic E-state index is 2.45. The Morgan fingerprint density at radius 2 is 1.06 bits per heavy atom. The van der Waals surface area contributed by atoms with Crippen LogP contribution in [0.1, 0.15) is 67.2 Å². The molecule has 0 spiro atoms. The van der Waals surface area contributed by atoms with E-state index in [-0.39, 0.29) is 0 Å². The molecule has 0 saturated carbocycles. The Balaban J connectivity index is 4.63. The fraction of sp³-hybridized carbons (Fsp3) is 1.00. The van der Waals surface area contributed by atoms with Gasteiger partial charge in [-0.3, -0.25) is 0 Å². The summed E-state index contributed by atoms with van der Waals surface area (Å²) in [4.78, 5) is 0. The molecule has 0 aromatic carbocycles. The quantitative estimate of drug-likeness (QED) is 0.404. The summed E-state index contributed by atoms with van der Waals surface area (Å²) in [5.41, 5.74) is 0. The molecule has 0 rings (SSSR count). The van der Waals surface area contributed by atoms with Crippen LogP contribution >= 0.6 is 0 Å². The molecule has 0 aliphatic carbocycles. The van der Waals surface area contributed by atoms with Crippen molar-refractivity contribution in [2.75, 3.05) is 0 Å². The molecule has 0 atom stereocenters. The van der Waals surface area contributed by atoms with Gasteiger partial charge in [0.25, 0.3) is 0 Å². The summed E-state index contributed by atoms with van der Waals surface area (Å²) >= 11 is -1.79. The van der Waals surface area contributed by atoms with E-state index >= 15 is 0 Å². The predicted octanol–water partition coefficient (Wildman–Crippen LogP) is 6.35. The standard InChI is InChI=1S/4C4H9.Sn/c2*1-4(2)3;2*1-3-4-2;/h2*4H,1H2,2-3H3;2*1,3-4H2,2H3;. The van der Waals surface area contributed by atoms with Crippen molar-refractivity contribution in [1.82, 2.24) is 0 Å². The second-order valence-electron chi connectivity index (χ2n) is 6.90. The van der Waals surface area contributed by atoms with Crippen LogP contribution in [0.25, 0.3) is 0 Å². The molecule has 0 amide bonds. The van der Waals surface area contributed by atoms with Crippen LogP contribution in [0.5, 0.6) is 0 Å². The van der Waals surface area contributed by atoms with Gasteiger partial charge < -0.3 is 0 Å². The average Bonchev–Trinajstić information content (AvgIpc) is 2.22. The Morgan fingerprint density at radius 1 is 0.706 bits per heavy atom. The molecule has 17 heavy (non-hydrogen) atoms. The van der Waals surface area contributed by atoms with Gasteiger partial charge in [0.05, 0.1) is 0 Å². The Hall–Kier alpha value is 0.799. The Bertz CT molecular complexity index is 152. The number of rotatable bonds is 10. The number of unbranched alkanes of at least 4 members (excludes halogenated alkanes) is 2. The van der Waals surface area contributed by atoms with E-state index in [1.807, 2.05) is 0 Å². The van der Waals surface area contributed by atoms with Crippen molar-refractivity contribution in [3.63, 3.8) is 0 Å². The van der Waals surface area contributed by atoms with E-state index in [1.54, 1.807) is 17.7 Å². The second-order valence-corrected chi connectivity index (χ2v) is 20.6. The third kappa shape index (κ3) is 8.50. The van der Waals surface area contributed by atoms with Crippen LogP contribution in [0.4, 0.5) is 0 Å². The molecule has 0 aromatic heterocycles. The molecule has 0 aliphatic heterocycles. The van der Waals surface area contributed by atoms with Gasteiger partial charge in [0, 0.05) is 0 Å². The SMILES string of the molecule is CCC[CH2][Sn]([CH2]CCC)([CH2]C(C)C)[CH2]C(C)C. The molecular formula is C16H36Sn. The van der Waals surface area contributed by atoms with Gasteiger partial charge in [-0.2, -0.15) is 0 Å². The van der Waals surface area contributed by atoms with E-state index in [0.717, 1.165) is 11.8 Å². The molecule has 0 saturated heterocycles. The summed E-state index contributed by atoms with van der Waals surface area (Å²) in [6.07, 6.45) is 5.83. The van der Waals surface area contributed by atoms with Gasteiger partial charge in [-0.25, -0.2) is 0 Å². The Labute approximate surface area is 115 Å². The third-order valence-corrected chi connectivity index (χ3v) is 21.5. The summed E-state index contributed by atoms with van der Waals surface area (Å²) in [5, 5.41) is 0. The van der Waals surface area contributed by atoms with Crippen molar-refractivity contribution in [2.45, 2.75) is 85.0 Å². The van der Waals surface area contributed by atoms with Crippen LogP contribution in [0, 0.1) is 11.8 Å². The van der Waals surface area contributed by atoms with Gasteiger partial charge in [0.2, 0.25) is 0 Å². The zero-order chi connectivity index (χ0) is 13.3. The normalized spacial score (nSPS) is 12.7. The second kappa shape index (κ2) is 9.69. The van der Waals surface area contributed by atoms with E-state index in [1.165, 1.54) is 25.7 Å². The van der Waals surface area contributed by atoms with Gasteiger partial charge in [0.15, 0.2) is 0 Å². The molecule has 0 aromatic rings. The zero-order valence-electron chi connectivity index (χ0n) is 13.3. The summed E-state index contributed by atoms with van der Waals surface area (Å²) in [5.74, 6) is 1.89. The first-order valence-electron chi connectivity index (χ1n) is 7.95. The number of hydrogen-bond donors (Lipinski definition) is 0. The molecule has 1 heteroatoms. The molecular weight excluding hydrogens is 311 g/mol. The van der Waals surface area contributed by atoms with Crippen molar-refractivity contribution in [1.29, 1.82) is 0 Å². The Kier molecular flexibility index (Phi) is 10.1. The fourth-order valence-electron chi connectivity index (χ4n) is 3.45. The van der Waals surface area contributed by atoms with Crippen LogP contribution in [-0.4, -0.2) is 18.4 Å². The van der Waals surface area contributed by atoms with Crippen molar-refractivity contribution in [3.05, 3.63) is 0 Å². The molecule has 0 nitrogen and oxygen atoms in total. The van der Waals surface area contributed by atoms with Gasteiger partial charge in [-0.15, -0.1) is 0 Å². The van der Waals surface area contributed by atoms with Crippen molar-refractivity contribution in [2.24, 2.45) is 11.8 Å². The Morgan fingerprint density at radius 3 is 1.29 bits per heavy atom. The van der Waals surface area contributed by atoms with E-state index in [0.29, 0.717) is 0 Å². The minimum absolute atomic E-state index is 0.943. The molecule has 0 bridgehead atoms. The van der Waals surface area contributed by atoms with Gasteiger partial charge in [-0.1, -0.05) is 0 Å². The molecule has 0 radical (unpaired) electrons. The molecule has 0 N–H and O–H groups in total. The van der Waals surface area contributed by atoms with Crippen LogP contribution in [0.3, 0.4) is 0 Å². The first kappa shape index (κ1) is 17.8. The predicted molar refractivity (Wildman–Crippen MR) is 84.5 cm³/mol. The maximum atomic E-state index is 2.45. The monoisotopic (exact) mass is 348 g/mol. The summed E-state index contributed by atoms with van der Waals surface area (Å²) in [6.45, 7) is 14.5. The first-order valence-corrected chi connectivity index (χ1v) is 16.0. The van der Waals surface area contributed by atoms with E-state index in [9.17, 15) is 0 Å². The van der Waals surface area contributed by atoms with Crippen LogP contribution in [0.15, 0.2) is 0 Å². The van der Waals surface area contributed by atoms with Crippen LogP contribution in [-0.2, 0) is 0 Å².